The lowest BCUT2D eigenvalue weighted by Gasteiger charge is -2.06. The summed E-state index contributed by atoms with van der Waals surface area (Å²) in [6.45, 7) is 5.24. The van der Waals surface area contributed by atoms with Gasteiger partial charge in [-0.1, -0.05) is 65.7 Å². The van der Waals surface area contributed by atoms with E-state index < -0.39 is 0 Å². The van der Waals surface area contributed by atoms with Gasteiger partial charge in [-0.05, 0) is 43.5 Å². The van der Waals surface area contributed by atoms with Gasteiger partial charge in [0.15, 0.2) is 0 Å². The number of para-hydroxylation sites is 1. The molecule has 0 aliphatic rings. The van der Waals surface area contributed by atoms with E-state index >= 15 is 0 Å². The average molecular weight is 373 g/mol. The van der Waals surface area contributed by atoms with Crippen LogP contribution >= 0.6 is 0 Å². The lowest BCUT2D eigenvalue weighted by Crippen LogP contribution is -2.26. The van der Waals surface area contributed by atoms with Gasteiger partial charge in [-0.3, -0.25) is 5.41 Å². The van der Waals surface area contributed by atoms with Crippen molar-refractivity contribution in [1.82, 2.24) is 9.13 Å². The van der Waals surface area contributed by atoms with E-state index in [0.29, 0.717) is 24.2 Å². The van der Waals surface area contributed by atoms with E-state index in [-0.39, 0.29) is 5.82 Å². The maximum atomic E-state index is 14.7. The van der Waals surface area contributed by atoms with Crippen molar-refractivity contribution in [3.05, 3.63) is 100 Å². The molecule has 0 aliphatic heterocycles. The first-order valence-electron chi connectivity index (χ1n) is 9.56. The Morgan fingerprint density at radius 1 is 0.786 bits per heavy atom. The molecule has 0 saturated heterocycles. The van der Waals surface area contributed by atoms with Crippen LogP contribution in [-0.2, 0) is 19.5 Å². The molecule has 1 N–H and O–H groups in total. The first-order chi connectivity index (χ1) is 13.5. The van der Waals surface area contributed by atoms with Crippen molar-refractivity contribution in [2.75, 3.05) is 0 Å². The zero-order valence-electron chi connectivity index (χ0n) is 16.2. The second-order valence-electron chi connectivity index (χ2n) is 7.39. The predicted octanol–water partition coefficient (Wildman–Crippen LogP) is 4.97. The molecule has 3 nitrogen and oxygen atoms in total. The highest BCUT2D eigenvalue weighted by Gasteiger charge is 2.15. The Labute approximate surface area is 164 Å². The van der Waals surface area contributed by atoms with Gasteiger partial charge >= 0.3 is 0 Å². The Morgan fingerprint density at radius 3 is 2.04 bits per heavy atom. The number of benzene rings is 3. The quantitative estimate of drug-likeness (QED) is 0.513. The molecule has 142 valence electrons. The third kappa shape index (κ3) is 3.50. The molecule has 0 amide bonds. The monoisotopic (exact) mass is 373 g/mol. The van der Waals surface area contributed by atoms with Crippen LogP contribution in [0, 0.1) is 25.1 Å². The molecule has 0 bridgehead atoms. The molecule has 4 heteroatoms. The summed E-state index contributed by atoms with van der Waals surface area (Å²) in [5.74, 6) is -0.280. The summed E-state index contributed by atoms with van der Waals surface area (Å²) in [5, 5.41) is 8.72. The molecule has 0 atom stereocenters. The van der Waals surface area contributed by atoms with Gasteiger partial charge in [0.05, 0.1) is 12.1 Å². The number of halogens is 1. The molecular formula is C24H24FN3. The summed E-state index contributed by atoms with van der Waals surface area (Å²) in [6.07, 6.45) is 0.759. The van der Waals surface area contributed by atoms with E-state index in [2.05, 4.69) is 62.4 Å². The molecule has 0 aliphatic carbocycles. The second kappa shape index (κ2) is 7.47. The first-order valence-corrected chi connectivity index (χ1v) is 9.56. The lowest BCUT2D eigenvalue weighted by atomic mass is 10.1. The van der Waals surface area contributed by atoms with Crippen LogP contribution in [0.5, 0.6) is 0 Å². The maximum Gasteiger partial charge on any atom is 0.203 e. The molecule has 3 aromatic carbocycles. The number of hydrogen-bond donors (Lipinski definition) is 1. The molecule has 1 aromatic heterocycles. The topological polar surface area (TPSA) is 33.7 Å². The van der Waals surface area contributed by atoms with Crippen LogP contribution in [0.4, 0.5) is 4.39 Å². The number of rotatable bonds is 5. The van der Waals surface area contributed by atoms with E-state index in [4.69, 9.17) is 5.41 Å². The summed E-state index contributed by atoms with van der Waals surface area (Å²) in [4.78, 5) is 0. The van der Waals surface area contributed by atoms with Gasteiger partial charge in [0, 0.05) is 6.54 Å². The summed E-state index contributed by atoms with van der Waals surface area (Å²) < 4.78 is 18.4. The maximum absolute atomic E-state index is 14.7. The Hall–Kier alpha value is -3.14. The van der Waals surface area contributed by atoms with Crippen LogP contribution in [0.25, 0.3) is 11.0 Å². The molecule has 1 heterocycles. The molecule has 0 saturated carbocycles. The molecule has 0 unspecified atom stereocenters. The summed E-state index contributed by atoms with van der Waals surface area (Å²) in [5.41, 5.74) is 6.30. The van der Waals surface area contributed by atoms with Crippen molar-refractivity contribution in [1.29, 1.82) is 5.41 Å². The smallest absolute Gasteiger partial charge is 0.203 e. The fourth-order valence-electron chi connectivity index (χ4n) is 3.60. The Kier molecular flexibility index (Phi) is 4.86. The highest BCUT2D eigenvalue weighted by Crippen LogP contribution is 2.19. The van der Waals surface area contributed by atoms with Gasteiger partial charge in [0.25, 0.3) is 0 Å². The summed E-state index contributed by atoms with van der Waals surface area (Å²) in [7, 11) is 0. The molecule has 0 radical (unpaired) electrons. The first kappa shape index (κ1) is 18.2. The minimum Gasteiger partial charge on any atom is -0.308 e. The lowest BCUT2D eigenvalue weighted by molar-refractivity contribution is 0.596. The van der Waals surface area contributed by atoms with Crippen molar-refractivity contribution < 1.29 is 4.39 Å². The van der Waals surface area contributed by atoms with Gasteiger partial charge in [0.2, 0.25) is 5.62 Å². The van der Waals surface area contributed by atoms with E-state index in [1.165, 1.54) is 22.8 Å². The number of aromatic nitrogens is 2. The highest BCUT2D eigenvalue weighted by atomic mass is 19.1. The van der Waals surface area contributed by atoms with Crippen LogP contribution < -0.4 is 5.62 Å². The number of nitrogens with zero attached hydrogens (tertiary/aromatic N) is 2. The van der Waals surface area contributed by atoms with E-state index in [1.807, 2.05) is 10.6 Å². The molecule has 4 aromatic rings. The van der Waals surface area contributed by atoms with Gasteiger partial charge in [-0.2, -0.15) is 0 Å². The van der Waals surface area contributed by atoms with Crippen LogP contribution in [0.2, 0.25) is 0 Å². The Balaban J connectivity index is 1.73. The zero-order valence-corrected chi connectivity index (χ0v) is 16.2. The van der Waals surface area contributed by atoms with Crippen molar-refractivity contribution >= 4 is 11.0 Å². The second-order valence-corrected chi connectivity index (χ2v) is 7.39. The van der Waals surface area contributed by atoms with E-state index in [0.717, 1.165) is 17.5 Å². The standard InChI is InChI=1S/C24H24FN3/c1-17-6-10-19(11-7-17)14-15-27-23-21(25)4-3-5-22(23)28(24(27)26)16-20-12-8-18(2)9-13-20/h3-13,26H,14-16H2,1-2H3. The SMILES string of the molecule is Cc1ccc(CCn2c(=N)n(Cc3ccc(C)cc3)c3cccc(F)c32)cc1. The van der Waals surface area contributed by atoms with Crippen molar-refractivity contribution in [2.24, 2.45) is 0 Å². The fraction of sp³-hybridized carbons (Fsp3) is 0.208. The number of imidazole rings is 1. The molecular weight excluding hydrogens is 349 g/mol. The third-order valence-electron chi connectivity index (χ3n) is 5.24. The fourth-order valence-corrected chi connectivity index (χ4v) is 3.60. The van der Waals surface area contributed by atoms with Crippen LogP contribution in [-0.4, -0.2) is 9.13 Å². The zero-order chi connectivity index (χ0) is 19.7. The van der Waals surface area contributed by atoms with Gasteiger partial charge < -0.3 is 9.13 Å². The van der Waals surface area contributed by atoms with Crippen molar-refractivity contribution in [3.8, 4) is 0 Å². The number of aryl methyl sites for hydroxylation is 4. The Bertz CT molecular complexity index is 1170. The third-order valence-corrected chi connectivity index (χ3v) is 5.24. The largest absolute Gasteiger partial charge is 0.308 e. The average Bonchev–Trinajstić information content (AvgIpc) is 2.96. The predicted molar refractivity (Wildman–Crippen MR) is 111 cm³/mol. The van der Waals surface area contributed by atoms with Gasteiger partial charge in [-0.25, -0.2) is 4.39 Å². The van der Waals surface area contributed by atoms with Gasteiger partial charge in [-0.15, -0.1) is 0 Å². The number of nitrogens with one attached hydrogen (secondary N) is 1. The van der Waals surface area contributed by atoms with Crippen molar-refractivity contribution in [3.63, 3.8) is 0 Å². The van der Waals surface area contributed by atoms with Crippen LogP contribution in [0.1, 0.15) is 22.3 Å². The normalized spacial score (nSPS) is 11.2. The number of fused-ring (bicyclic) bond motifs is 1. The molecule has 4 rings (SSSR count). The summed E-state index contributed by atoms with van der Waals surface area (Å²) in [6, 6.07) is 21.7. The van der Waals surface area contributed by atoms with Crippen LogP contribution in [0.3, 0.4) is 0 Å². The Morgan fingerprint density at radius 2 is 1.39 bits per heavy atom. The highest BCUT2D eigenvalue weighted by molar-refractivity contribution is 5.76. The minimum atomic E-state index is -0.280. The van der Waals surface area contributed by atoms with Crippen molar-refractivity contribution in [2.45, 2.75) is 33.4 Å². The molecule has 28 heavy (non-hydrogen) atoms. The van der Waals surface area contributed by atoms with E-state index in [9.17, 15) is 4.39 Å². The number of hydrogen-bond acceptors (Lipinski definition) is 1. The van der Waals surface area contributed by atoms with Crippen LogP contribution in [0.15, 0.2) is 66.7 Å². The molecule has 0 spiro atoms. The van der Waals surface area contributed by atoms with E-state index in [1.54, 1.807) is 10.6 Å². The summed E-state index contributed by atoms with van der Waals surface area (Å²) >= 11 is 0. The minimum absolute atomic E-state index is 0.280. The van der Waals surface area contributed by atoms with Gasteiger partial charge in [0.1, 0.15) is 11.3 Å². The molecule has 0 fully saturated rings.